The number of aliphatic hydroxyl groups excluding tert-OH is 1. The molecule has 96 valence electrons. The van der Waals surface area contributed by atoms with Crippen LogP contribution in [-0.2, 0) is 9.53 Å². The Labute approximate surface area is 103 Å². The van der Waals surface area contributed by atoms with Crippen LogP contribution >= 0.6 is 0 Å². The molecule has 2 saturated carbocycles. The molecule has 17 heavy (non-hydrogen) atoms. The van der Waals surface area contributed by atoms with E-state index in [1.54, 1.807) is 6.08 Å². The van der Waals surface area contributed by atoms with Gasteiger partial charge in [0.2, 0.25) is 0 Å². The largest absolute Gasteiger partial charge is 0.463 e. The van der Waals surface area contributed by atoms with Crippen molar-refractivity contribution in [1.82, 2.24) is 0 Å². The van der Waals surface area contributed by atoms with E-state index in [1.165, 1.54) is 36.8 Å². The molecule has 2 rings (SSSR count). The summed E-state index contributed by atoms with van der Waals surface area (Å²) in [6.07, 6.45) is 10.7. The van der Waals surface area contributed by atoms with Crippen molar-refractivity contribution >= 4 is 5.97 Å². The quantitative estimate of drug-likeness (QED) is 0.467. The predicted octanol–water partition coefficient (Wildman–Crippen LogP) is 2.75. The van der Waals surface area contributed by atoms with Gasteiger partial charge in [-0.1, -0.05) is 17.2 Å². The zero-order valence-electron chi connectivity index (χ0n) is 10.6. The maximum atomic E-state index is 10.7. The molecule has 0 amide bonds. The number of rotatable bonds is 3. The van der Waals surface area contributed by atoms with Crippen LogP contribution in [0.25, 0.3) is 0 Å². The first-order chi connectivity index (χ1) is 8.26. The van der Waals surface area contributed by atoms with E-state index in [1.807, 2.05) is 13.0 Å². The first kappa shape index (κ1) is 14.0. The molecule has 1 N–H and O–H groups in total. The maximum Gasteiger partial charge on any atom is 0.330 e. The van der Waals surface area contributed by atoms with Crippen molar-refractivity contribution in [3.8, 4) is 0 Å². The SMILES string of the molecule is CCOC(=O)C=C1CCC1.OCC=C1CCC1. The molecular weight excluding hydrogens is 216 g/mol. The summed E-state index contributed by atoms with van der Waals surface area (Å²) < 4.78 is 4.73. The number of carbonyl (C=O) groups is 1. The van der Waals surface area contributed by atoms with Crippen LogP contribution in [0.2, 0.25) is 0 Å². The van der Waals surface area contributed by atoms with Crippen LogP contribution in [0.4, 0.5) is 0 Å². The number of hydrogen-bond acceptors (Lipinski definition) is 3. The Kier molecular flexibility index (Phi) is 6.63. The van der Waals surface area contributed by atoms with Crippen molar-refractivity contribution < 1.29 is 14.6 Å². The molecule has 2 fully saturated rings. The summed E-state index contributed by atoms with van der Waals surface area (Å²) in [5.74, 6) is -0.183. The lowest BCUT2D eigenvalue weighted by Gasteiger charge is -2.14. The Balaban J connectivity index is 0.000000181. The first-order valence-electron chi connectivity index (χ1n) is 6.41. The van der Waals surface area contributed by atoms with Crippen LogP contribution in [0.5, 0.6) is 0 Å². The van der Waals surface area contributed by atoms with Gasteiger partial charge in [-0.2, -0.15) is 0 Å². The predicted molar refractivity (Wildman–Crippen MR) is 67.6 cm³/mol. The molecule has 0 aromatic rings. The fraction of sp³-hybridized carbons (Fsp3) is 0.643. The van der Waals surface area contributed by atoms with E-state index in [0.717, 1.165) is 12.8 Å². The Bertz CT molecular complexity index is 291. The fourth-order valence-corrected chi connectivity index (χ4v) is 1.59. The highest BCUT2D eigenvalue weighted by atomic mass is 16.5. The molecule has 0 aliphatic heterocycles. The van der Waals surface area contributed by atoms with Crippen LogP contribution in [0.3, 0.4) is 0 Å². The zero-order chi connectivity index (χ0) is 12.5. The van der Waals surface area contributed by atoms with Gasteiger partial charge in [0.25, 0.3) is 0 Å². The monoisotopic (exact) mass is 238 g/mol. The summed E-state index contributed by atoms with van der Waals surface area (Å²) in [7, 11) is 0. The average molecular weight is 238 g/mol. The number of aliphatic hydroxyl groups is 1. The van der Waals surface area contributed by atoms with Crippen molar-refractivity contribution in [3.05, 3.63) is 23.3 Å². The molecule has 2 aliphatic rings. The summed E-state index contributed by atoms with van der Waals surface area (Å²) in [6.45, 7) is 2.52. The Morgan fingerprint density at radius 3 is 2.12 bits per heavy atom. The lowest BCUT2D eigenvalue weighted by molar-refractivity contribution is -0.137. The van der Waals surface area contributed by atoms with Crippen LogP contribution in [0.1, 0.15) is 45.4 Å². The topological polar surface area (TPSA) is 46.5 Å². The second-order valence-electron chi connectivity index (χ2n) is 4.31. The van der Waals surface area contributed by atoms with Crippen LogP contribution < -0.4 is 0 Å². The molecule has 0 bridgehead atoms. The van der Waals surface area contributed by atoms with E-state index >= 15 is 0 Å². The molecule has 0 aromatic heterocycles. The third kappa shape index (κ3) is 5.68. The standard InChI is InChI=1S/C8H12O2.C6H10O/c1-2-10-8(9)6-7-4-3-5-7;7-5-4-6-2-1-3-6/h6H,2-5H2,1H3;4,7H,1-3,5H2. The number of ether oxygens (including phenoxy) is 1. The third-order valence-electron chi connectivity index (χ3n) is 2.98. The van der Waals surface area contributed by atoms with E-state index in [4.69, 9.17) is 9.84 Å². The summed E-state index contributed by atoms with van der Waals surface area (Å²) >= 11 is 0. The van der Waals surface area contributed by atoms with Crippen molar-refractivity contribution in [2.75, 3.05) is 13.2 Å². The highest BCUT2D eigenvalue weighted by molar-refractivity contribution is 5.82. The number of carbonyl (C=O) groups excluding carboxylic acids is 1. The van der Waals surface area contributed by atoms with E-state index in [9.17, 15) is 4.79 Å². The molecule has 2 aliphatic carbocycles. The molecule has 0 saturated heterocycles. The molecule has 0 spiro atoms. The van der Waals surface area contributed by atoms with Crippen LogP contribution in [0, 0.1) is 0 Å². The van der Waals surface area contributed by atoms with E-state index in [0.29, 0.717) is 6.61 Å². The highest BCUT2D eigenvalue weighted by Gasteiger charge is 2.09. The molecule has 3 nitrogen and oxygen atoms in total. The van der Waals surface area contributed by atoms with Gasteiger partial charge < -0.3 is 9.84 Å². The van der Waals surface area contributed by atoms with Gasteiger partial charge in [0.1, 0.15) is 0 Å². The Morgan fingerprint density at radius 1 is 1.24 bits per heavy atom. The van der Waals surface area contributed by atoms with Gasteiger partial charge in [-0.25, -0.2) is 4.79 Å². The molecule has 3 heteroatoms. The number of esters is 1. The molecule has 0 heterocycles. The second-order valence-corrected chi connectivity index (χ2v) is 4.31. The second kappa shape index (κ2) is 8.07. The van der Waals surface area contributed by atoms with E-state index < -0.39 is 0 Å². The lowest BCUT2D eigenvalue weighted by atomic mass is 9.92. The zero-order valence-corrected chi connectivity index (χ0v) is 10.6. The average Bonchev–Trinajstić information content (AvgIpc) is 2.19. The summed E-state index contributed by atoms with van der Waals surface area (Å²) in [4.78, 5) is 10.7. The maximum absolute atomic E-state index is 10.7. The minimum absolute atomic E-state index is 0.183. The lowest BCUT2D eigenvalue weighted by Crippen LogP contribution is -2.04. The number of allylic oxidation sites excluding steroid dienone is 2. The van der Waals surface area contributed by atoms with Gasteiger partial charge in [0.05, 0.1) is 13.2 Å². The van der Waals surface area contributed by atoms with Gasteiger partial charge >= 0.3 is 5.97 Å². The van der Waals surface area contributed by atoms with Gasteiger partial charge in [-0.05, 0) is 45.4 Å². The van der Waals surface area contributed by atoms with Gasteiger partial charge in [0, 0.05) is 6.08 Å². The fourth-order valence-electron chi connectivity index (χ4n) is 1.59. The van der Waals surface area contributed by atoms with Gasteiger partial charge in [-0.3, -0.25) is 0 Å². The molecule has 0 unspecified atom stereocenters. The summed E-state index contributed by atoms with van der Waals surface area (Å²) in [5.41, 5.74) is 2.67. The normalized spacial score (nSPS) is 17.1. The Morgan fingerprint density at radius 2 is 1.82 bits per heavy atom. The molecular formula is C14H22O3. The van der Waals surface area contributed by atoms with Crippen molar-refractivity contribution in [2.24, 2.45) is 0 Å². The van der Waals surface area contributed by atoms with E-state index in [-0.39, 0.29) is 12.6 Å². The molecule has 0 aromatic carbocycles. The van der Waals surface area contributed by atoms with Crippen molar-refractivity contribution in [1.29, 1.82) is 0 Å². The molecule has 0 atom stereocenters. The van der Waals surface area contributed by atoms with E-state index in [2.05, 4.69) is 0 Å². The number of hydrogen-bond donors (Lipinski definition) is 1. The smallest absolute Gasteiger partial charge is 0.330 e. The van der Waals surface area contributed by atoms with Crippen molar-refractivity contribution in [3.63, 3.8) is 0 Å². The first-order valence-corrected chi connectivity index (χ1v) is 6.41. The summed E-state index contributed by atoms with van der Waals surface area (Å²) in [5, 5.41) is 8.33. The van der Waals surface area contributed by atoms with Gasteiger partial charge in [0.15, 0.2) is 0 Å². The minimum atomic E-state index is -0.183. The molecule has 0 radical (unpaired) electrons. The van der Waals surface area contributed by atoms with Gasteiger partial charge in [-0.15, -0.1) is 0 Å². The minimum Gasteiger partial charge on any atom is -0.463 e. The summed E-state index contributed by atoms with van der Waals surface area (Å²) in [6, 6.07) is 0. The third-order valence-corrected chi connectivity index (χ3v) is 2.98. The van der Waals surface area contributed by atoms with Crippen LogP contribution in [-0.4, -0.2) is 24.3 Å². The van der Waals surface area contributed by atoms with Crippen molar-refractivity contribution in [2.45, 2.75) is 45.4 Å². The van der Waals surface area contributed by atoms with Crippen LogP contribution in [0.15, 0.2) is 23.3 Å². The Hall–Kier alpha value is -1.09. The highest BCUT2D eigenvalue weighted by Crippen LogP contribution is 2.25.